The number of hydrogen-bond donors (Lipinski definition) is 1. The van der Waals surface area contributed by atoms with Crippen LogP contribution in [0, 0.1) is 5.92 Å². The molecule has 0 aliphatic heterocycles. The summed E-state index contributed by atoms with van der Waals surface area (Å²) in [5.74, 6) is 0.437. The monoisotopic (exact) mass is 208 g/mol. The SMILES string of the molecule is COC(C(C)C)C(N)Cc1ccncc1. The van der Waals surface area contributed by atoms with Gasteiger partial charge in [-0.3, -0.25) is 4.98 Å². The quantitative estimate of drug-likeness (QED) is 0.800. The molecule has 2 atom stereocenters. The molecule has 0 aromatic carbocycles. The number of pyridine rings is 1. The first-order chi connectivity index (χ1) is 7.15. The number of nitrogens with zero attached hydrogens (tertiary/aromatic N) is 1. The Balaban J connectivity index is 2.58. The summed E-state index contributed by atoms with van der Waals surface area (Å²) in [6, 6.07) is 4.03. The van der Waals surface area contributed by atoms with Gasteiger partial charge in [0.15, 0.2) is 0 Å². The van der Waals surface area contributed by atoms with E-state index in [0.717, 1.165) is 6.42 Å². The largest absolute Gasteiger partial charge is 0.380 e. The fraction of sp³-hybridized carbons (Fsp3) is 0.583. The molecule has 0 aliphatic carbocycles. The minimum Gasteiger partial charge on any atom is -0.380 e. The van der Waals surface area contributed by atoms with Crippen molar-refractivity contribution in [3.63, 3.8) is 0 Å². The highest BCUT2D eigenvalue weighted by Gasteiger charge is 2.20. The fourth-order valence-corrected chi connectivity index (χ4v) is 1.85. The van der Waals surface area contributed by atoms with E-state index in [1.54, 1.807) is 19.5 Å². The van der Waals surface area contributed by atoms with Gasteiger partial charge in [-0.15, -0.1) is 0 Å². The van der Waals surface area contributed by atoms with Crippen LogP contribution in [-0.2, 0) is 11.2 Å². The predicted molar refractivity (Wildman–Crippen MR) is 61.6 cm³/mol. The summed E-state index contributed by atoms with van der Waals surface area (Å²) in [4.78, 5) is 3.98. The van der Waals surface area contributed by atoms with E-state index in [9.17, 15) is 0 Å². The van der Waals surface area contributed by atoms with E-state index < -0.39 is 0 Å². The molecule has 15 heavy (non-hydrogen) atoms. The summed E-state index contributed by atoms with van der Waals surface area (Å²) in [5.41, 5.74) is 7.32. The maximum Gasteiger partial charge on any atom is 0.0748 e. The Bertz CT molecular complexity index is 274. The van der Waals surface area contributed by atoms with Crippen molar-refractivity contribution in [1.29, 1.82) is 0 Å². The van der Waals surface area contributed by atoms with Gasteiger partial charge in [0.1, 0.15) is 0 Å². The zero-order chi connectivity index (χ0) is 11.3. The number of ether oxygens (including phenoxy) is 1. The van der Waals surface area contributed by atoms with E-state index in [0.29, 0.717) is 5.92 Å². The Morgan fingerprint density at radius 3 is 2.40 bits per heavy atom. The first kappa shape index (κ1) is 12.1. The van der Waals surface area contributed by atoms with Crippen LogP contribution in [0.2, 0.25) is 0 Å². The van der Waals surface area contributed by atoms with Crippen LogP contribution in [0.3, 0.4) is 0 Å². The van der Waals surface area contributed by atoms with Gasteiger partial charge < -0.3 is 10.5 Å². The first-order valence-electron chi connectivity index (χ1n) is 5.32. The van der Waals surface area contributed by atoms with Crippen LogP contribution in [0.15, 0.2) is 24.5 Å². The van der Waals surface area contributed by atoms with Gasteiger partial charge in [0.25, 0.3) is 0 Å². The second-order valence-corrected chi connectivity index (χ2v) is 4.17. The topological polar surface area (TPSA) is 48.1 Å². The lowest BCUT2D eigenvalue weighted by Gasteiger charge is -2.25. The third-order valence-corrected chi connectivity index (χ3v) is 2.57. The van der Waals surface area contributed by atoms with Crippen molar-refractivity contribution in [3.05, 3.63) is 30.1 Å². The van der Waals surface area contributed by atoms with Gasteiger partial charge in [0, 0.05) is 25.5 Å². The molecule has 0 radical (unpaired) electrons. The lowest BCUT2D eigenvalue weighted by Crippen LogP contribution is -2.41. The molecule has 0 saturated carbocycles. The summed E-state index contributed by atoms with van der Waals surface area (Å²) in [6.07, 6.45) is 4.52. The fourth-order valence-electron chi connectivity index (χ4n) is 1.85. The van der Waals surface area contributed by atoms with Gasteiger partial charge in [0.05, 0.1) is 6.10 Å². The zero-order valence-electron chi connectivity index (χ0n) is 9.68. The highest BCUT2D eigenvalue weighted by molar-refractivity contribution is 5.11. The number of rotatable bonds is 5. The lowest BCUT2D eigenvalue weighted by molar-refractivity contribution is 0.0441. The molecule has 0 spiro atoms. The first-order valence-corrected chi connectivity index (χ1v) is 5.32. The Labute approximate surface area is 91.7 Å². The van der Waals surface area contributed by atoms with Gasteiger partial charge in [-0.05, 0) is 30.0 Å². The van der Waals surface area contributed by atoms with Crippen molar-refractivity contribution in [2.75, 3.05) is 7.11 Å². The second kappa shape index (κ2) is 5.83. The van der Waals surface area contributed by atoms with Crippen molar-refractivity contribution in [3.8, 4) is 0 Å². The van der Waals surface area contributed by atoms with E-state index >= 15 is 0 Å². The second-order valence-electron chi connectivity index (χ2n) is 4.17. The van der Waals surface area contributed by atoms with Crippen LogP contribution < -0.4 is 5.73 Å². The van der Waals surface area contributed by atoms with E-state index in [1.165, 1.54) is 5.56 Å². The highest BCUT2D eigenvalue weighted by atomic mass is 16.5. The normalized spacial score (nSPS) is 15.3. The van der Waals surface area contributed by atoms with Crippen molar-refractivity contribution >= 4 is 0 Å². The maximum absolute atomic E-state index is 6.12. The predicted octanol–water partition coefficient (Wildman–Crippen LogP) is 1.62. The molecular weight excluding hydrogens is 188 g/mol. The van der Waals surface area contributed by atoms with E-state index in [4.69, 9.17) is 10.5 Å². The molecule has 3 heteroatoms. The molecule has 1 rings (SSSR count). The minimum atomic E-state index is 0.0393. The number of nitrogens with two attached hydrogens (primary N) is 1. The third-order valence-electron chi connectivity index (χ3n) is 2.57. The summed E-state index contributed by atoms with van der Waals surface area (Å²) < 4.78 is 5.41. The summed E-state index contributed by atoms with van der Waals surface area (Å²) in [7, 11) is 1.72. The zero-order valence-corrected chi connectivity index (χ0v) is 9.68. The average Bonchev–Trinajstić information content (AvgIpc) is 2.19. The third kappa shape index (κ3) is 3.61. The molecule has 84 valence electrons. The molecule has 2 unspecified atom stereocenters. The van der Waals surface area contributed by atoms with Crippen LogP contribution in [0.5, 0.6) is 0 Å². The Morgan fingerprint density at radius 2 is 1.93 bits per heavy atom. The molecule has 1 aromatic heterocycles. The van der Waals surface area contributed by atoms with Crippen molar-refractivity contribution in [2.45, 2.75) is 32.4 Å². The summed E-state index contributed by atoms with van der Waals surface area (Å²) in [6.45, 7) is 4.25. The van der Waals surface area contributed by atoms with Crippen molar-refractivity contribution in [2.24, 2.45) is 11.7 Å². The molecule has 3 nitrogen and oxygen atoms in total. The van der Waals surface area contributed by atoms with Crippen LogP contribution >= 0.6 is 0 Å². The van der Waals surface area contributed by atoms with Crippen molar-refractivity contribution in [1.82, 2.24) is 4.98 Å². The number of methoxy groups -OCH3 is 1. The molecule has 0 aliphatic rings. The van der Waals surface area contributed by atoms with Crippen LogP contribution in [-0.4, -0.2) is 24.2 Å². The van der Waals surface area contributed by atoms with E-state index in [2.05, 4.69) is 18.8 Å². The molecular formula is C12H20N2O. The summed E-state index contributed by atoms with van der Waals surface area (Å²) >= 11 is 0. The minimum absolute atomic E-state index is 0.0393. The van der Waals surface area contributed by atoms with Crippen LogP contribution in [0.4, 0.5) is 0 Å². The average molecular weight is 208 g/mol. The van der Waals surface area contributed by atoms with Gasteiger partial charge in [0.2, 0.25) is 0 Å². The Kier molecular flexibility index (Phi) is 4.72. The molecule has 0 fully saturated rings. The highest BCUT2D eigenvalue weighted by Crippen LogP contribution is 2.12. The van der Waals surface area contributed by atoms with Crippen LogP contribution in [0.25, 0.3) is 0 Å². The van der Waals surface area contributed by atoms with Gasteiger partial charge in [-0.2, -0.15) is 0 Å². The van der Waals surface area contributed by atoms with Crippen LogP contribution in [0.1, 0.15) is 19.4 Å². The molecule has 0 saturated heterocycles. The smallest absolute Gasteiger partial charge is 0.0748 e. The molecule has 0 amide bonds. The summed E-state index contributed by atoms with van der Waals surface area (Å²) in [5, 5.41) is 0. The Hall–Kier alpha value is -0.930. The molecule has 0 bridgehead atoms. The standard InChI is InChI=1S/C12H20N2O/c1-9(2)12(15-3)11(13)8-10-4-6-14-7-5-10/h4-7,9,11-12H,8,13H2,1-3H3. The maximum atomic E-state index is 6.12. The van der Waals surface area contributed by atoms with E-state index in [-0.39, 0.29) is 12.1 Å². The molecule has 2 N–H and O–H groups in total. The van der Waals surface area contributed by atoms with E-state index in [1.807, 2.05) is 12.1 Å². The lowest BCUT2D eigenvalue weighted by atomic mass is 9.95. The number of hydrogen-bond acceptors (Lipinski definition) is 3. The molecule has 1 heterocycles. The molecule has 1 aromatic rings. The van der Waals surface area contributed by atoms with Gasteiger partial charge >= 0.3 is 0 Å². The number of aromatic nitrogens is 1. The van der Waals surface area contributed by atoms with Crippen molar-refractivity contribution < 1.29 is 4.74 Å². The van der Waals surface area contributed by atoms with Gasteiger partial charge in [-0.1, -0.05) is 13.8 Å². The van der Waals surface area contributed by atoms with Gasteiger partial charge in [-0.25, -0.2) is 0 Å². The Morgan fingerprint density at radius 1 is 1.33 bits per heavy atom.